The van der Waals surface area contributed by atoms with Gasteiger partial charge in [-0.2, -0.15) is 0 Å². The molecule has 3 rings (SSSR count). The first-order valence-electron chi connectivity index (χ1n) is 10.0. The first-order valence-corrected chi connectivity index (χ1v) is 12.3. The molecular weight excluding hydrogens is 420 g/mol. The Bertz CT molecular complexity index is 1160. The number of rotatable bonds is 9. The molecule has 8 heteroatoms. The standard InChI is InChI=1S/C22H28N2O4S2/c1-5-12-24-20-11-10-18(14-21(20)29-22(24)25)30(26,27)23-19(13-15(2)3)16-6-8-17(28-4)9-7-16/h6-11,14-15,19,23H,5,12-13H2,1-4H3/t19-/m1/s1. The summed E-state index contributed by atoms with van der Waals surface area (Å²) in [6.45, 7) is 6.75. The second kappa shape index (κ2) is 9.32. The molecule has 0 radical (unpaired) electrons. The van der Waals surface area contributed by atoms with E-state index in [0.29, 0.717) is 23.6 Å². The van der Waals surface area contributed by atoms with Gasteiger partial charge in [0.05, 0.1) is 22.2 Å². The number of methoxy groups -OCH3 is 1. The van der Waals surface area contributed by atoms with E-state index in [1.165, 1.54) is 0 Å². The van der Waals surface area contributed by atoms with Gasteiger partial charge in [0.1, 0.15) is 5.75 Å². The molecule has 0 aliphatic heterocycles. The maximum Gasteiger partial charge on any atom is 0.308 e. The molecule has 0 amide bonds. The number of fused-ring (bicyclic) bond motifs is 1. The molecule has 162 valence electrons. The Hall–Kier alpha value is -2.16. The highest BCUT2D eigenvalue weighted by atomic mass is 32.2. The predicted octanol–water partition coefficient (Wildman–Crippen LogP) is 4.55. The van der Waals surface area contributed by atoms with Crippen molar-refractivity contribution in [3.05, 3.63) is 57.7 Å². The second-order valence-electron chi connectivity index (χ2n) is 7.73. The van der Waals surface area contributed by atoms with E-state index >= 15 is 0 Å². The van der Waals surface area contributed by atoms with E-state index in [2.05, 4.69) is 18.6 Å². The molecule has 0 bridgehead atoms. The fourth-order valence-electron chi connectivity index (χ4n) is 3.46. The molecule has 1 aromatic heterocycles. The highest BCUT2D eigenvalue weighted by Gasteiger charge is 2.23. The van der Waals surface area contributed by atoms with Crippen molar-refractivity contribution in [1.29, 1.82) is 0 Å². The summed E-state index contributed by atoms with van der Waals surface area (Å²) >= 11 is 1.08. The molecule has 3 aromatic rings. The Balaban J connectivity index is 1.94. The molecule has 0 spiro atoms. The van der Waals surface area contributed by atoms with Crippen LogP contribution in [-0.2, 0) is 16.6 Å². The number of hydrogen-bond acceptors (Lipinski definition) is 5. The van der Waals surface area contributed by atoms with E-state index in [1.54, 1.807) is 29.9 Å². The van der Waals surface area contributed by atoms with E-state index in [0.717, 1.165) is 34.6 Å². The first kappa shape index (κ1) is 22.5. The summed E-state index contributed by atoms with van der Waals surface area (Å²) in [5.74, 6) is 1.03. The highest BCUT2D eigenvalue weighted by molar-refractivity contribution is 7.89. The van der Waals surface area contributed by atoms with E-state index in [1.807, 2.05) is 31.2 Å². The molecule has 6 nitrogen and oxygen atoms in total. The van der Waals surface area contributed by atoms with Gasteiger partial charge in [0, 0.05) is 12.6 Å². The molecule has 0 saturated carbocycles. The molecule has 1 atom stereocenters. The Labute approximate surface area is 181 Å². The summed E-state index contributed by atoms with van der Waals surface area (Å²) in [5.41, 5.74) is 1.66. The number of nitrogens with zero attached hydrogens (tertiary/aromatic N) is 1. The third kappa shape index (κ3) is 4.94. The van der Waals surface area contributed by atoms with Crippen LogP contribution in [-0.4, -0.2) is 20.1 Å². The number of thiazole rings is 1. The van der Waals surface area contributed by atoms with Gasteiger partial charge in [-0.05, 0) is 54.7 Å². The zero-order chi connectivity index (χ0) is 21.9. The Morgan fingerprint density at radius 3 is 2.43 bits per heavy atom. The summed E-state index contributed by atoms with van der Waals surface area (Å²) in [5, 5.41) is 0. The van der Waals surface area contributed by atoms with Crippen LogP contribution in [0.1, 0.15) is 45.2 Å². The number of nitrogens with one attached hydrogen (secondary N) is 1. The predicted molar refractivity (Wildman–Crippen MR) is 122 cm³/mol. The van der Waals surface area contributed by atoms with E-state index < -0.39 is 10.0 Å². The monoisotopic (exact) mass is 448 g/mol. The molecule has 0 fully saturated rings. The molecule has 0 aliphatic carbocycles. The van der Waals surface area contributed by atoms with Crippen LogP contribution in [0.3, 0.4) is 0 Å². The lowest BCUT2D eigenvalue weighted by molar-refractivity contribution is 0.414. The molecule has 0 unspecified atom stereocenters. The molecule has 2 aromatic carbocycles. The van der Waals surface area contributed by atoms with Crippen molar-refractivity contribution in [3.8, 4) is 5.75 Å². The smallest absolute Gasteiger partial charge is 0.308 e. The Kier molecular flexibility index (Phi) is 7.00. The number of aromatic nitrogens is 1. The van der Waals surface area contributed by atoms with E-state index in [-0.39, 0.29) is 15.8 Å². The minimum absolute atomic E-state index is 0.0646. The lowest BCUT2D eigenvalue weighted by atomic mass is 9.98. The minimum Gasteiger partial charge on any atom is -0.497 e. The zero-order valence-electron chi connectivity index (χ0n) is 17.7. The third-order valence-electron chi connectivity index (χ3n) is 4.92. The van der Waals surface area contributed by atoms with Crippen LogP contribution in [0, 0.1) is 5.92 Å². The van der Waals surface area contributed by atoms with Crippen LogP contribution >= 0.6 is 11.3 Å². The van der Waals surface area contributed by atoms with Crippen LogP contribution < -0.4 is 14.3 Å². The number of benzene rings is 2. The van der Waals surface area contributed by atoms with Gasteiger partial charge in [-0.3, -0.25) is 9.36 Å². The number of sulfonamides is 1. The average molecular weight is 449 g/mol. The third-order valence-corrected chi connectivity index (χ3v) is 7.33. The summed E-state index contributed by atoms with van der Waals surface area (Å²) in [4.78, 5) is 12.3. The van der Waals surface area contributed by atoms with Crippen LogP contribution in [0.4, 0.5) is 0 Å². The van der Waals surface area contributed by atoms with Crippen molar-refractivity contribution in [2.24, 2.45) is 5.92 Å². The normalized spacial score (nSPS) is 13.1. The molecule has 0 aliphatic rings. The fraction of sp³-hybridized carbons (Fsp3) is 0.409. The van der Waals surface area contributed by atoms with Crippen molar-refractivity contribution < 1.29 is 13.2 Å². The van der Waals surface area contributed by atoms with Crippen LogP contribution in [0.25, 0.3) is 10.2 Å². The summed E-state index contributed by atoms with van der Waals surface area (Å²) in [6.07, 6.45) is 1.50. The zero-order valence-corrected chi connectivity index (χ0v) is 19.3. The highest BCUT2D eigenvalue weighted by Crippen LogP contribution is 2.27. The maximum absolute atomic E-state index is 13.2. The Morgan fingerprint density at radius 1 is 1.13 bits per heavy atom. The lowest BCUT2D eigenvalue weighted by Gasteiger charge is -2.21. The van der Waals surface area contributed by atoms with Crippen molar-refractivity contribution in [2.45, 2.75) is 51.1 Å². The Morgan fingerprint density at radius 2 is 1.83 bits per heavy atom. The SMILES string of the molecule is CCCn1c(=O)sc2cc(S(=O)(=O)N[C@H](CC(C)C)c3ccc(OC)cc3)ccc21. The van der Waals surface area contributed by atoms with Crippen molar-refractivity contribution in [1.82, 2.24) is 9.29 Å². The van der Waals surface area contributed by atoms with Gasteiger partial charge >= 0.3 is 4.87 Å². The average Bonchev–Trinajstić information content (AvgIpc) is 3.02. The topological polar surface area (TPSA) is 77.4 Å². The first-order chi connectivity index (χ1) is 14.2. The molecule has 1 N–H and O–H groups in total. The van der Waals surface area contributed by atoms with E-state index in [9.17, 15) is 13.2 Å². The number of hydrogen-bond donors (Lipinski definition) is 1. The van der Waals surface area contributed by atoms with Gasteiger partial charge in [0.15, 0.2) is 0 Å². The van der Waals surface area contributed by atoms with E-state index in [4.69, 9.17) is 4.74 Å². The van der Waals surface area contributed by atoms with Gasteiger partial charge in [-0.25, -0.2) is 13.1 Å². The quantitative estimate of drug-likeness (QED) is 0.521. The van der Waals surface area contributed by atoms with Gasteiger partial charge in [-0.15, -0.1) is 0 Å². The summed E-state index contributed by atoms with van der Waals surface area (Å²) in [6, 6.07) is 12.0. The second-order valence-corrected chi connectivity index (χ2v) is 10.4. The van der Waals surface area contributed by atoms with Crippen LogP contribution in [0.2, 0.25) is 0 Å². The number of ether oxygens (including phenoxy) is 1. The number of aryl methyl sites for hydroxylation is 1. The summed E-state index contributed by atoms with van der Waals surface area (Å²) < 4.78 is 36.8. The molecule has 1 heterocycles. The molecular formula is C22H28N2O4S2. The molecule has 30 heavy (non-hydrogen) atoms. The maximum atomic E-state index is 13.2. The fourth-order valence-corrected chi connectivity index (χ4v) is 5.76. The van der Waals surface area contributed by atoms with Gasteiger partial charge < -0.3 is 4.74 Å². The largest absolute Gasteiger partial charge is 0.497 e. The van der Waals surface area contributed by atoms with Crippen molar-refractivity contribution in [3.63, 3.8) is 0 Å². The minimum atomic E-state index is -3.76. The van der Waals surface area contributed by atoms with Gasteiger partial charge in [-0.1, -0.05) is 44.2 Å². The van der Waals surface area contributed by atoms with Crippen LogP contribution in [0.15, 0.2) is 52.2 Å². The lowest BCUT2D eigenvalue weighted by Crippen LogP contribution is -2.29. The van der Waals surface area contributed by atoms with Gasteiger partial charge in [0.2, 0.25) is 10.0 Å². The van der Waals surface area contributed by atoms with Gasteiger partial charge in [0.25, 0.3) is 0 Å². The van der Waals surface area contributed by atoms with Crippen molar-refractivity contribution >= 4 is 31.6 Å². The van der Waals surface area contributed by atoms with Crippen molar-refractivity contribution in [2.75, 3.05) is 7.11 Å². The summed E-state index contributed by atoms with van der Waals surface area (Å²) in [7, 11) is -2.16. The molecule has 0 saturated heterocycles. The van der Waals surface area contributed by atoms with Crippen LogP contribution in [0.5, 0.6) is 5.75 Å².